The molecule has 0 saturated carbocycles. The molecule has 0 atom stereocenters. The maximum Gasteiger partial charge on any atom is 0.273 e. The van der Waals surface area contributed by atoms with Gasteiger partial charge in [-0.15, -0.1) is 0 Å². The second-order valence-electron chi connectivity index (χ2n) is 3.90. The third-order valence-corrected chi connectivity index (χ3v) is 3.21. The number of anilines is 1. The highest BCUT2D eigenvalue weighted by molar-refractivity contribution is 14.1. The van der Waals surface area contributed by atoms with Crippen molar-refractivity contribution in [2.45, 2.75) is 6.54 Å². The number of nitrogens with zero attached hydrogens (tertiary/aromatic N) is 2. The van der Waals surface area contributed by atoms with Gasteiger partial charge in [0.2, 0.25) is 0 Å². The first-order valence-corrected chi connectivity index (χ1v) is 6.85. The summed E-state index contributed by atoms with van der Waals surface area (Å²) in [6, 6.07) is 7.29. The summed E-state index contributed by atoms with van der Waals surface area (Å²) in [6.07, 6.45) is 3.56. The van der Waals surface area contributed by atoms with Gasteiger partial charge in [0, 0.05) is 29.6 Å². The van der Waals surface area contributed by atoms with Crippen molar-refractivity contribution in [3.8, 4) is 0 Å². The molecule has 5 nitrogen and oxygen atoms in total. The molecule has 19 heavy (non-hydrogen) atoms. The molecule has 0 radical (unpaired) electrons. The van der Waals surface area contributed by atoms with E-state index in [1.165, 1.54) is 0 Å². The summed E-state index contributed by atoms with van der Waals surface area (Å²) < 4.78 is 7.90. The molecule has 1 amide bonds. The van der Waals surface area contributed by atoms with E-state index in [4.69, 9.17) is 4.74 Å². The van der Waals surface area contributed by atoms with Gasteiger partial charge in [0.15, 0.2) is 0 Å². The number of methoxy groups -OCH3 is 1. The highest BCUT2D eigenvalue weighted by atomic mass is 127. The molecule has 0 aromatic carbocycles. The Morgan fingerprint density at radius 1 is 1.47 bits per heavy atom. The van der Waals surface area contributed by atoms with Crippen LogP contribution in [-0.2, 0) is 11.3 Å². The Morgan fingerprint density at radius 3 is 3.00 bits per heavy atom. The first-order chi connectivity index (χ1) is 9.20. The van der Waals surface area contributed by atoms with Crippen LogP contribution in [0.25, 0.3) is 0 Å². The molecule has 0 saturated heterocycles. The SMILES string of the molecule is COCCn1cccc1C(=O)Nc1ccc(I)cn1. The van der Waals surface area contributed by atoms with E-state index in [0.717, 1.165) is 3.57 Å². The van der Waals surface area contributed by atoms with Crippen molar-refractivity contribution in [3.63, 3.8) is 0 Å². The molecule has 100 valence electrons. The molecule has 0 aliphatic carbocycles. The second kappa shape index (κ2) is 6.67. The molecule has 6 heteroatoms. The Morgan fingerprint density at radius 2 is 2.32 bits per heavy atom. The van der Waals surface area contributed by atoms with E-state index in [1.807, 2.05) is 22.9 Å². The van der Waals surface area contributed by atoms with Crippen molar-refractivity contribution in [2.24, 2.45) is 0 Å². The number of hydrogen-bond donors (Lipinski definition) is 1. The van der Waals surface area contributed by atoms with Crippen LogP contribution in [0.1, 0.15) is 10.5 Å². The van der Waals surface area contributed by atoms with Crippen molar-refractivity contribution in [2.75, 3.05) is 19.0 Å². The van der Waals surface area contributed by atoms with E-state index in [-0.39, 0.29) is 5.91 Å². The number of aromatic nitrogens is 2. The van der Waals surface area contributed by atoms with Gasteiger partial charge in [-0.25, -0.2) is 4.98 Å². The highest BCUT2D eigenvalue weighted by Gasteiger charge is 2.11. The number of nitrogens with one attached hydrogen (secondary N) is 1. The molecule has 2 aromatic heterocycles. The lowest BCUT2D eigenvalue weighted by Gasteiger charge is -2.09. The van der Waals surface area contributed by atoms with Gasteiger partial charge in [0.05, 0.1) is 6.61 Å². The zero-order valence-electron chi connectivity index (χ0n) is 10.5. The Labute approximate surface area is 125 Å². The van der Waals surface area contributed by atoms with Crippen LogP contribution in [0, 0.1) is 3.57 Å². The minimum Gasteiger partial charge on any atom is -0.383 e. The van der Waals surface area contributed by atoms with Crippen molar-refractivity contribution in [3.05, 3.63) is 45.9 Å². The summed E-state index contributed by atoms with van der Waals surface area (Å²) >= 11 is 2.17. The average molecular weight is 371 g/mol. The van der Waals surface area contributed by atoms with Crippen LogP contribution >= 0.6 is 22.6 Å². The van der Waals surface area contributed by atoms with Crippen molar-refractivity contribution in [1.29, 1.82) is 0 Å². The lowest BCUT2D eigenvalue weighted by molar-refractivity contribution is 0.101. The number of halogens is 1. The molecule has 0 fully saturated rings. The van der Waals surface area contributed by atoms with Gasteiger partial charge >= 0.3 is 0 Å². The third kappa shape index (κ3) is 3.77. The molecule has 2 aromatic rings. The van der Waals surface area contributed by atoms with E-state index >= 15 is 0 Å². The number of hydrogen-bond acceptors (Lipinski definition) is 3. The van der Waals surface area contributed by atoms with E-state index < -0.39 is 0 Å². The van der Waals surface area contributed by atoms with Crippen LogP contribution in [0.2, 0.25) is 0 Å². The fourth-order valence-electron chi connectivity index (χ4n) is 1.63. The van der Waals surface area contributed by atoms with Gasteiger partial charge in [-0.1, -0.05) is 0 Å². The third-order valence-electron chi connectivity index (χ3n) is 2.57. The first kappa shape index (κ1) is 14.0. The molecular weight excluding hydrogens is 357 g/mol. The van der Waals surface area contributed by atoms with Crippen molar-refractivity contribution >= 4 is 34.3 Å². The quantitative estimate of drug-likeness (QED) is 0.822. The molecule has 0 spiro atoms. The molecule has 2 heterocycles. The topological polar surface area (TPSA) is 56.1 Å². The maximum atomic E-state index is 12.1. The van der Waals surface area contributed by atoms with Crippen LogP contribution in [0.4, 0.5) is 5.82 Å². The van der Waals surface area contributed by atoms with E-state index in [1.54, 1.807) is 25.4 Å². The number of pyridine rings is 1. The maximum absolute atomic E-state index is 12.1. The van der Waals surface area contributed by atoms with Crippen LogP contribution in [-0.4, -0.2) is 29.2 Å². The molecular formula is C13H14IN3O2. The fourth-order valence-corrected chi connectivity index (χ4v) is 1.95. The van der Waals surface area contributed by atoms with Gasteiger partial charge in [0.25, 0.3) is 5.91 Å². The molecule has 1 N–H and O–H groups in total. The van der Waals surface area contributed by atoms with E-state index in [2.05, 4.69) is 32.9 Å². The average Bonchev–Trinajstić information content (AvgIpc) is 2.87. The zero-order chi connectivity index (χ0) is 13.7. The first-order valence-electron chi connectivity index (χ1n) is 5.77. The van der Waals surface area contributed by atoms with Crippen molar-refractivity contribution in [1.82, 2.24) is 9.55 Å². The summed E-state index contributed by atoms with van der Waals surface area (Å²) in [5.41, 5.74) is 0.595. The summed E-state index contributed by atoms with van der Waals surface area (Å²) in [6.45, 7) is 1.21. The lowest BCUT2D eigenvalue weighted by atomic mass is 10.4. The smallest absolute Gasteiger partial charge is 0.273 e. The molecule has 0 unspecified atom stereocenters. The van der Waals surface area contributed by atoms with Gasteiger partial charge in [0.1, 0.15) is 11.5 Å². The predicted molar refractivity (Wildman–Crippen MR) is 81.2 cm³/mol. The summed E-state index contributed by atoms with van der Waals surface area (Å²) in [4.78, 5) is 16.3. The van der Waals surface area contributed by atoms with Crippen LogP contribution in [0.3, 0.4) is 0 Å². The Balaban J connectivity index is 2.07. The van der Waals surface area contributed by atoms with Crippen molar-refractivity contribution < 1.29 is 9.53 Å². The van der Waals surface area contributed by atoms with Gasteiger partial charge < -0.3 is 14.6 Å². The summed E-state index contributed by atoms with van der Waals surface area (Å²) in [5.74, 6) is 0.375. The number of carbonyl (C=O) groups excluding carboxylic acids is 1. The predicted octanol–water partition coefficient (Wildman–Crippen LogP) is 2.39. The lowest BCUT2D eigenvalue weighted by Crippen LogP contribution is -2.18. The number of amides is 1. The van der Waals surface area contributed by atoms with Crippen LogP contribution in [0.5, 0.6) is 0 Å². The van der Waals surface area contributed by atoms with E-state index in [0.29, 0.717) is 24.7 Å². The highest BCUT2D eigenvalue weighted by Crippen LogP contribution is 2.10. The second-order valence-corrected chi connectivity index (χ2v) is 5.14. The normalized spacial score (nSPS) is 10.4. The number of ether oxygens (including phenoxy) is 1. The van der Waals surface area contributed by atoms with Gasteiger partial charge in [-0.2, -0.15) is 0 Å². The minimum atomic E-state index is -0.171. The zero-order valence-corrected chi connectivity index (χ0v) is 12.6. The molecule has 0 bridgehead atoms. The Kier molecular flexibility index (Phi) is 4.92. The standard InChI is InChI=1S/C13H14IN3O2/c1-19-8-7-17-6-2-3-11(17)13(18)16-12-5-4-10(14)9-15-12/h2-6,9H,7-8H2,1H3,(H,15,16,18). The Bertz CT molecular complexity index is 551. The fraction of sp³-hybridized carbons (Fsp3) is 0.231. The minimum absolute atomic E-state index is 0.171. The van der Waals surface area contributed by atoms with Gasteiger partial charge in [-0.3, -0.25) is 4.79 Å². The summed E-state index contributed by atoms with van der Waals surface area (Å²) in [7, 11) is 1.64. The molecule has 0 aliphatic heterocycles. The van der Waals surface area contributed by atoms with Crippen LogP contribution < -0.4 is 5.32 Å². The summed E-state index contributed by atoms with van der Waals surface area (Å²) in [5, 5.41) is 2.77. The molecule has 2 rings (SSSR count). The number of rotatable bonds is 5. The van der Waals surface area contributed by atoms with E-state index in [9.17, 15) is 4.79 Å². The largest absolute Gasteiger partial charge is 0.383 e. The monoisotopic (exact) mass is 371 g/mol. The Hall–Kier alpha value is -1.41. The van der Waals surface area contributed by atoms with Crippen LogP contribution in [0.15, 0.2) is 36.7 Å². The van der Waals surface area contributed by atoms with Gasteiger partial charge in [-0.05, 0) is 46.9 Å². The number of carbonyl (C=O) groups is 1. The molecule has 0 aliphatic rings.